The highest BCUT2D eigenvalue weighted by Gasteiger charge is 2.03. The van der Waals surface area contributed by atoms with E-state index in [0.717, 1.165) is 24.1 Å². The minimum atomic E-state index is -0.0996. The summed E-state index contributed by atoms with van der Waals surface area (Å²) in [6, 6.07) is 17.7. The summed E-state index contributed by atoms with van der Waals surface area (Å²) >= 11 is 0. The first kappa shape index (κ1) is 14.1. The molecule has 0 aliphatic carbocycles. The maximum Gasteiger partial charge on any atom is 0.248 e. The van der Waals surface area contributed by atoms with Crippen LogP contribution in [0, 0.1) is 0 Å². The smallest absolute Gasteiger partial charge is 0.248 e. The summed E-state index contributed by atoms with van der Waals surface area (Å²) in [5.74, 6) is -0.0996. The Morgan fingerprint density at radius 1 is 1.05 bits per heavy atom. The first-order chi connectivity index (χ1) is 9.79. The van der Waals surface area contributed by atoms with E-state index in [-0.39, 0.29) is 5.91 Å². The third-order valence-corrected chi connectivity index (χ3v) is 3.02. The van der Waals surface area contributed by atoms with Crippen molar-refractivity contribution in [2.24, 2.45) is 0 Å². The maximum atomic E-state index is 11.9. The van der Waals surface area contributed by atoms with Crippen LogP contribution >= 0.6 is 0 Å². The molecule has 0 bridgehead atoms. The van der Waals surface area contributed by atoms with E-state index in [1.165, 1.54) is 5.56 Å². The standard InChI is InChI=1S/C18H19NO/c1-2-8-16-11-6-7-12-17(16)19-18(20)14-13-15-9-4-3-5-10-15/h3-7,9-14H,2,8H2,1H3,(H,19,20)/b14-13+. The first-order valence-electron chi connectivity index (χ1n) is 6.91. The SMILES string of the molecule is CCCc1ccccc1NC(=O)/C=C/c1ccccc1. The van der Waals surface area contributed by atoms with Crippen LogP contribution in [0.3, 0.4) is 0 Å². The van der Waals surface area contributed by atoms with Gasteiger partial charge in [0.15, 0.2) is 0 Å². The Hall–Kier alpha value is -2.35. The van der Waals surface area contributed by atoms with Gasteiger partial charge in [-0.25, -0.2) is 0 Å². The molecule has 2 nitrogen and oxygen atoms in total. The molecular weight excluding hydrogens is 246 g/mol. The Bertz CT molecular complexity index is 587. The van der Waals surface area contributed by atoms with E-state index in [4.69, 9.17) is 0 Å². The molecule has 0 aromatic heterocycles. The zero-order valence-electron chi connectivity index (χ0n) is 11.7. The maximum absolute atomic E-state index is 11.9. The lowest BCUT2D eigenvalue weighted by Gasteiger charge is -2.08. The number of hydrogen-bond donors (Lipinski definition) is 1. The normalized spacial score (nSPS) is 10.7. The summed E-state index contributed by atoms with van der Waals surface area (Å²) in [7, 11) is 0. The van der Waals surface area contributed by atoms with Crippen molar-refractivity contribution < 1.29 is 4.79 Å². The fraction of sp³-hybridized carbons (Fsp3) is 0.167. The second kappa shape index (κ2) is 7.29. The third-order valence-electron chi connectivity index (χ3n) is 3.02. The Balaban J connectivity index is 2.03. The second-order valence-electron chi connectivity index (χ2n) is 4.64. The van der Waals surface area contributed by atoms with E-state index in [2.05, 4.69) is 18.3 Å². The molecule has 0 aliphatic heterocycles. The number of anilines is 1. The highest BCUT2D eigenvalue weighted by atomic mass is 16.1. The van der Waals surface area contributed by atoms with Gasteiger partial charge in [-0.3, -0.25) is 4.79 Å². The molecule has 0 aliphatic rings. The van der Waals surface area contributed by atoms with Crippen molar-refractivity contribution in [3.63, 3.8) is 0 Å². The zero-order valence-corrected chi connectivity index (χ0v) is 11.7. The summed E-state index contributed by atoms with van der Waals surface area (Å²) in [5.41, 5.74) is 3.10. The largest absolute Gasteiger partial charge is 0.322 e. The zero-order chi connectivity index (χ0) is 14.2. The molecule has 1 N–H and O–H groups in total. The third kappa shape index (κ3) is 4.09. The monoisotopic (exact) mass is 265 g/mol. The Morgan fingerprint density at radius 2 is 1.75 bits per heavy atom. The van der Waals surface area contributed by atoms with Crippen molar-refractivity contribution in [3.8, 4) is 0 Å². The average molecular weight is 265 g/mol. The highest BCUT2D eigenvalue weighted by molar-refractivity contribution is 6.02. The lowest BCUT2D eigenvalue weighted by Crippen LogP contribution is -2.09. The van der Waals surface area contributed by atoms with Gasteiger partial charge in [0.1, 0.15) is 0 Å². The number of aryl methyl sites for hydroxylation is 1. The Morgan fingerprint density at radius 3 is 2.50 bits per heavy atom. The molecule has 0 spiro atoms. The van der Waals surface area contributed by atoms with E-state index in [1.54, 1.807) is 6.08 Å². The number of carbonyl (C=O) groups is 1. The number of rotatable bonds is 5. The quantitative estimate of drug-likeness (QED) is 0.803. The van der Waals surface area contributed by atoms with Gasteiger partial charge >= 0.3 is 0 Å². The van der Waals surface area contributed by atoms with Crippen molar-refractivity contribution >= 4 is 17.7 Å². The van der Waals surface area contributed by atoms with Gasteiger partial charge in [-0.1, -0.05) is 61.9 Å². The Labute approximate surface area is 120 Å². The minimum Gasteiger partial charge on any atom is -0.322 e. The fourth-order valence-electron chi connectivity index (χ4n) is 2.04. The molecule has 2 aromatic carbocycles. The molecule has 0 saturated heterocycles. The molecule has 2 aromatic rings. The van der Waals surface area contributed by atoms with Crippen molar-refractivity contribution in [2.45, 2.75) is 19.8 Å². The van der Waals surface area contributed by atoms with Gasteiger partial charge in [0.05, 0.1) is 0 Å². The second-order valence-corrected chi connectivity index (χ2v) is 4.64. The minimum absolute atomic E-state index is 0.0996. The summed E-state index contributed by atoms with van der Waals surface area (Å²) < 4.78 is 0. The molecule has 0 saturated carbocycles. The molecule has 102 valence electrons. The van der Waals surface area contributed by atoms with Crippen molar-refractivity contribution in [3.05, 3.63) is 71.8 Å². The van der Waals surface area contributed by atoms with Crippen molar-refractivity contribution in [1.29, 1.82) is 0 Å². The van der Waals surface area contributed by atoms with Crippen LogP contribution in [-0.2, 0) is 11.2 Å². The lowest BCUT2D eigenvalue weighted by molar-refractivity contribution is -0.111. The van der Waals surface area contributed by atoms with Crippen LogP contribution in [0.25, 0.3) is 6.08 Å². The first-order valence-corrected chi connectivity index (χ1v) is 6.91. The van der Waals surface area contributed by atoms with E-state index in [1.807, 2.05) is 54.6 Å². The van der Waals surface area contributed by atoms with Gasteiger partial charge < -0.3 is 5.32 Å². The fourth-order valence-corrected chi connectivity index (χ4v) is 2.04. The predicted molar refractivity (Wildman–Crippen MR) is 84.5 cm³/mol. The van der Waals surface area contributed by atoms with Crippen LogP contribution in [0.15, 0.2) is 60.7 Å². The van der Waals surface area contributed by atoms with E-state index in [9.17, 15) is 4.79 Å². The van der Waals surface area contributed by atoms with Crippen LogP contribution in [0.2, 0.25) is 0 Å². The van der Waals surface area contributed by atoms with Crippen molar-refractivity contribution in [2.75, 3.05) is 5.32 Å². The number of benzene rings is 2. The molecule has 2 heteroatoms. The van der Waals surface area contributed by atoms with Crippen molar-refractivity contribution in [1.82, 2.24) is 0 Å². The van der Waals surface area contributed by atoms with Crippen LogP contribution in [0.4, 0.5) is 5.69 Å². The van der Waals surface area contributed by atoms with E-state index >= 15 is 0 Å². The molecule has 0 atom stereocenters. The molecule has 0 unspecified atom stereocenters. The van der Waals surface area contributed by atoms with E-state index in [0.29, 0.717) is 0 Å². The molecule has 0 fully saturated rings. The van der Waals surface area contributed by atoms with Crippen LogP contribution in [0.1, 0.15) is 24.5 Å². The molecule has 0 heterocycles. The molecule has 1 amide bonds. The van der Waals surface area contributed by atoms with E-state index < -0.39 is 0 Å². The van der Waals surface area contributed by atoms with Gasteiger partial charge in [-0.2, -0.15) is 0 Å². The molecule has 0 radical (unpaired) electrons. The summed E-state index contributed by atoms with van der Waals surface area (Å²) in [4.78, 5) is 11.9. The van der Waals surface area contributed by atoms with Crippen LogP contribution in [0.5, 0.6) is 0 Å². The number of para-hydroxylation sites is 1. The van der Waals surface area contributed by atoms with Gasteiger partial charge in [0.25, 0.3) is 0 Å². The Kier molecular flexibility index (Phi) is 5.13. The van der Waals surface area contributed by atoms with Gasteiger partial charge in [0.2, 0.25) is 5.91 Å². The lowest BCUT2D eigenvalue weighted by atomic mass is 10.1. The summed E-state index contributed by atoms with van der Waals surface area (Å²) in [6.45, 7) is 2.13. The number of hydrogen-bond acceptors (Lipinski definition) is 1. The van der Waals surface area contributed by atoms with Crippen LogP contribution < -0.4 is 5.32 Å². The number of nitrogens with one attached hydrogen (secondary N) is 1. The number of amides is 1. The average Bonchev–Trinajstić information content (AvgIpc) is 2.49. The summed E-state index contributed by atoms with van der Waals surface area (Å²) in [6.07, 6.45) is 5.42. The van der Waals surface area contributed by atoms with Gasteiger partial charge in [0, 0.05) is 11.8 Å². The van der Waals surface area contributed by atoms with Crippen LogP contribution in [-0.4, -0.2) is 5.91 Å². The predicted octanol–water partition coefficient (Wildman–Crippen LogP) is 4.29. The topological polar surface area (TPSA) is 29.1 Å². The molecule has 2 rings (SSSR count). The molecular formula is C18H19NO. The number of carbonyl (C=O) groups excluding carboxylic acids is 1. The van der Waals surface area contributed by atoms with Gasteiger partial charge in [-0.15, -0.1) is 0 Å². The summed E-state index contributed by atoms with van der Waals surface area (Å²) in [5, 5.41) is 2.94. The molecule has 20 heavy (non-hydrogen) atoms. The highest BCUT2D eigenvalue weighted by Crippen LogP contribution is 2.16. The van der Waals surface area contributed by atoms with Gasteiger partial charge in [-0.05, 0) is 29.7 Å².